The number of anilines is 1. The van der Waals surface area contributed by atoms with Crippen LogP contribution in [0.15, 0.2) is 28.7 Å². The van der Waals surface area contributed by atoms with E-state index < -0.39 is 0 Å². The van der Waals surface area contributed by atoms with Crippen molar-refractivity contribution in [1.82, 2.24) is 9.97 Å². The van der Waals surface area contributed by atoms with Crippen LogP contribution in [0.5, 0.6) is 5.75 Å². The second-order valence-electron chi connectivity index (χ2n) is 5.28. The fourth-order valence-corrected chi connectivity index (χ4v) is 2.66. The molecule has 1 aromatic carbocycles. The lowest BCUT2D eigenvalue weighted by Gasteiger charge is -2.09. The Hall–Kier alpha value is -1.62. The largest absolute Gasteiger partial charge is 0.494 e. The highest BCUT2D eigenvalue weighted by molar-refractivity contribution is 9.10. The Kier molecular flexibility index (Phi) is 4.10. The summed E-state index contributed by atoms with van der Waals surface area (Å²) >= 11 is 3.50. The van der Waals surface area contributed by atoms with Gasteiger partial charge in [-0.25, -0.2) is 9.97 Å². The second-order valence-corrected chi connectivity index (χ2v) is 6.07. The van der Waals surface area contributed by atoms with Crippen molar-refractivity contribution in [3.63, 3.8) is 0 Å². The maximum absolute atomic E-state index is 6.00. The van der Waals surface area contributed by atoms with Crippen LogP contribution in [0.1, 0.15) is 37.8 Å². The molecule has 2 N–H and O–H groups in total. The molecular weight excluding hydrogens is 330 g/mol. The van der Waals surface area contributed by atoms with Crippen LogP contribution in [0.25, 0.3) is 11.4 Å². The van der Waals surface area contributed by atoms with Crippen LogP contribution >= 0.6 is 15.9 Å². The number of benzene rings is 1. The topological polar surface area (TPSA) is 61.0 Å². The Morgan fingerprint density at radius 1 is 1.24 bits per heavy atom. The Labute approximate surface area is 132 Å². The van der Waals surface area contributed by atoms with Gasteiger partial charge in [0.25, 0.3) is 0 Å². The summed E-state index contributed by atoms with van der Waals surface area (Å²) in [7, 11) is 0. The van der Waals surface area contributed by atoms with E-state index >= 15 is 0 Å². The molecule has 0 aliphatic heterocycles. The SMILES string of the molecule is CCCOc1ccc(-c2nc(N)c(Br)c(C3CC3)n2)cc1. The summed E-state index contributed by atoms with van der Waals surface area (Å²) in [6, 6.07) is 7.85. The van der Waals surface area contributed by atoms with Gasteiger partial charge >= 0.3 is 0 Å². The van der Waals surface area contributed by atoms with E-state index in [1.165, 1.54) is 12.8 Å². The maximum Gasteiger partial charge on any atom is 0.161 e. The molecule has 0 bridgehead atoms. The van der Waals surface area contributed by atoms with Crippen LogP contribution in [-0.4, -0.2) is 16.6 Å². The minimum Gasteiger partial charge on any atom is -0.494 e. The Morgan fingerprint density at radius 2 is 1.95 bits per heavy atom. The molecule has 1 aromatic heterocycles. The van der Waals surface area contributed by atoms with Crippen LogP contribution in [0.2, 0.25) is 0 Å². The molecule has 0 amide bonds. The summed E-state index contributed by atoms with van der Waals surface area (Å²) < 4.78 is 6.43. The van der Waals surface area contributed by atoms with Crippen molar-refractivity contribution in [2.45, 2.75) is 32.1 Å². The standard InChI is InChI=1S/C16H18BrN3O/c1-2-9-21-12-7-5-11(6-8-12)16-19-14(10-3-4-10)13(17)15(18)20-16/h5-8,10H,2-4,9H2,1H3,(H2,18,19,20). The molecular formula is C16H18BrN3O. The third-order valence-electron chi connectivity index (χ3n) is 3.45. The number of aromatic nitrogens is 2. The van der Waals surface area contributed by atoms with Crippen molar-refractivity contribution in [3.8, 4) is 17.1 Å². The molecule has 1 saturated carbocycles. The minimum absolute atomic E-state index is 0.508. The van der Waals surface area contributed by atoms with E-state index in [4.69, 9.17) is 10.5 Å². The van der Waals surface area contributed by atoms with E-state index in [0.717, 1.165) is 34.5 Å². The van der Waals surface area contributed by atoms with Crippen LogP contribution in [-0.2, 0) is 0 Å². The van der Waals surface area contributed by atoms with Crippen molar-refractivity contribution < 1.29 is 4.74 Å². The molecule has 4 nitrogen and oxygen atoms in total. The molecule has 0 unspecified atom stereocenters. The van der Waals surface area contributed by atoms with Crippen LogP contribution in [0, 0.1) is 0 Å². The van der Waals surface area contributed by atoms with Gasteiger partial charge in [-0.3, -0.25) is 0 Å². The van der Waals surface area contributed by atoms with E-state index in [9.17, 15) is 0 Å². The van der Waals surface area contributed by atoms with E-state index in [1.807, 2.05) is 24.3 Å². The molecule has 21 heavy (non-hydrogen) atoms. The van der Waals surface area contributed by atoms with Gasteiger partial charge in [0.05, 0.1) is 16.8 Å². The maximum atomic E-state index is 6.00. The quantitative estimate of drug-likeness (QED) is 0.882. The molecule has 110 valence electrons. The second kappa shape index (κ2) is 6.02. The van der Waals surface area contributed by atoms with Crippen LogP contribution in [0.4, 0.5) is 5.82 Å². The summed E-state index contributed by atoms with van der Waals surface area (Å²) in [5.41, 5.74) is 7.99. The van der Waals surface area contributed by atoms with Gasteiger partial charge in [-0.15, -0.1) is 0 Å². The lowest BCUT2D eigenvalue weighted by atomic mass is 10.2. The molecule has 1 heterocycles. The predicted octanol–water partition coefficient (Wildman–Crippen LogP) is 4.15. The Bertz CT molecular complexity index is 639. The molecule has 3 rings (SSSR count). The van der Waals surface area contributed by atoms with Gasteiger partial charge in [-0.05, 0) is 59.5 Å². The Morgan fingerprint density at radius 3 is 2.57 bits per heavy atom. The van der Waals surface area contributed by atoms with Gasteiger partial charge in [0.2, 0.25) is 0 Å². The van der Waals surface area contributed by atoms with Gasteiger partial charge < -0.3 is 10.5 Å². The average molecular weight is 348 g/mol. The first-order valence-electron chi connectivity index (χ1n) is 7.25. The lowest BCUT2D eigenvalue weighted by Crippen LogP contribution is -2.02. The molecule has 1 aliphatic carbocycles. The molecule has 1 aliphatic rings. The zero-order valence-electron chi connectivity index (χ0n) is 12.0. The average Bonchev–Trinajstić information content (AvgIpc) is 3.33. The van der Waals surface area contributed by atoms with E-state index in [1.54, 1.807) is 0 Å². The van der Waals surface area contributed by atoms with E-state index in [0.29, 0.717) is 17.6 Å². The number of ether oxygens (including phenoxy) is 1. The molecule has 1 fully saturated rings. The highest BCUT2D eigenvalue weighted by Crippen LogP contribution is 2.44. The third-order valence-corrected chi connectivity index (χ3v) is 4.26. The van der Waals surface area contributed by atoms with Crippen molar-refractivity contribution in [3.05, 3.63) is 34.4 Å². The molecule has 5 heteroatoms. The number of nitrogen functional groups attached to an aromatic ring is 1. The van der Waals surface area contributed by atoms with E-state index in [2.05, 4.69) is 32.8 Å². The Balaban J connectivity index is 1.89. The lowest BCUT2D eigenvalue weighted by molar-refractivity contribution is 0.317. The number of nitrogens with two attached hydrogens (primary N) is 1. The zero-order valence-corrected chi connectivity index (χ0v) is 13.6. The van der Waals surface area contributed by atoms with Gasteiger partial charge in [0.1, 0.15) is 11.6 Å². The van der Waals surface area contributed by atoms with Crippen molar-refractivity contribution in [1.29, 1.82) is 0 Å². The molecule has 0 radical (unpaired) electrons. The first kappa shape index (κ1) is 14.3. The third kappa shape index (κ3) is 3.18. The summed E-state index contributed by atoms with van der Waals surface area (Å²) in [5.74, 6) is 2.58. The smallest absolute Gasteiger partial charge is 0.161 e. The van der Waals surface area contributed by atoms with Crippen LogP contribution in [0.3, 0.4) is 0 Å². The normalized spacial score (nSPS) is 14.2. The number of halogens is 1. The first-order chi connectivity index (χ1) is 10.2. The first-order valence-corrected chi connectivity index (χ1v) is 8.04. The zero-order chi connectivity index (χ0) is 14.8. The fraction of sp³-hybridized carbons (Fsp3) is 0.375. The molecule has 2 aromatic rings. The summed E-state index contributed by atoms with van der Waals surface area (Å²) in [4.78, 5) is 9.06. The predicted molar refractivity (Wildman–Crippen MR) is 87.3 cm³/mol. The van der Waals surface area contributed by atoms with Gasteiger partial charge in [0, 0.05) is 11.5 Å². The molecule has 0 saturated heterocycles. The summed E-state index contributed by atoms with van der Waals surface area (Å²) in [6.45, 7) is 2.82. The van der Waals surface area contributed by atoms with Crippen molar-refractivity contribution >= 4 is 21.7 Å². The van der Waals surface area contributed by atoms with Crippen molar-refractivity contribution in [2.24, 2.45) is 0 Å². The van der Waals surface area contributed by atoms with Gasteiger partial charge in [0.15, 0.2) is 5.82 Å². The number of hydrogen-bond donors (Lipinski definition) is 1. The van der Waals surface area contributed by atoms with E-state index in [-0.39, 0.29) is 0 Å². The number of hydrogen-bond acceptors (Lipinski definition) is 4. The minimum atomic E-state index is 0.508. The van der Waals surface area contributed by atoms with Gasteiger partial charge in [-0.1, -0.05) is 6.92 Å². The highest BCUT2D eigenvalue weighted by atomic mass is 79.9. The fourth-order valence-electron chi connectivity index (χ4n) is 2.16. The number of rotatable bonds is 5. The summed E-state index contributed by atoms with van der Waals surface area (Å²) in [6.07, 6.45) is 3.36. The van der Waals surface area contributed by atoms with Gasteiger partial charge in [-0.2, -0.15) is 0 Å². The molecule has 0 spiro atoms. The molecule has 0 atom stereocenters. The van der Waals surface area contributed by atoms with Crippen molar-refractivity contribution in [2.75, 3.05) is 12.3 Å². The summed E-state index contributed by atoms with van der Waals surface area (Å²) in [5, 5.41) is 0. The monoisotopic (exact) mass is 347 g/mol. The van der Waals surface area contributed by atoms with Crippen LogP contribution < -0.4 is 10.5 Å². The highest BCUT2D eigenvalue weighted by Gasteiger charge is 2.29. The number of nitrogens with zero attached hydrogens (tertiary/aromatic N) is 2.